The van der Waals surface area contributed by atoms with Crippen molar-refractivity contribution in [3.8, 4) is 0 Å². The largest absolute Gasteiger partial charge is 0.378 e. The molecule has 6 heteroatoms. The number of para-hydroxylation sites is 2. The van der Waals surface area contributed by atoms with E-state index in [0.29, 0.717) is 18.8 Å². The van der Waals surface area contributed by atoms with Crippen molar-refractivity contribution in [3.05, 3.63) is 41.2 Å². The maximum absolute atomic E-state index is 12.7. The molecule has 1 aliphatic heterocycles. The molecule has 2 aromatic rings. The second-order valence-electron chi connectivity index (χ2n) is 5.74. The van der Waals surface area contributed by atoms with Gasteiger partial charge < -0.3 is 15.0 Å². The van der Waals surface area contributed by atoms with E-state index in [0.717, 1.165) is 35.9 Å². The fourth-order valence-electron chi connectivity index (χ4n) is 2.95. The highest BCUT2D eigenvalue weighted by atomic mass is 16.5. The van der Waals surface area contributed by atoms with Gasteiger partial charge >= 0.3 is 0 Å². The van der Waals surface area contributed by atoms with Crippen molar-refractivity contribution >= 4 is 17.3 Å². The molecule has 1 saturated heterocycles. The average Bonchev–Trinajstić information content (AvgIpc) is 2.81. The Hall–Kier alpha value is -2.34. The van der Waals surface area contributed by atoms with Crippen molar-refractivity contribution in [2.24, 2.45) is 7.05 Å². The lowest BCUT2D eigenvalue weighted by Gasteiger charge is -2.30. The van der Waals surface area contributed by atoms with Gasteiger partial charge in [-0.25, -0.2) is 0 Å². The summed E-state index contributed by atoms with van der Waals surface area (Å²) in [6, 6.07) is 7.89. The van der Waals surface area contributed by atoms with Crippen LogP contribution in [0.5, 0.6) is 0 Å². The van der Waals surface area contributed by atoms with Crippen LogP contribution in [0.2, 0.25) is 0 Å². The second-order valence-corrected chi connectivity index (χ2v) is 5.74. The summed E-state index contributed by atoms with van der Waals surface area (Å²) in [5, 5.41) is 7.36. The summed E-state index contributed by atoms with van der Waals surface area (Å²) < 4.78 is 7.14. The molecule has 1 N–H and O–H groups in total. The van der Waals surface area contributed by atoms with Crippen LogP contribution in [0.4, 0.5) is 11.4 Å². The minimum atomic E-state index is -0.117. The summed E-state index contributed by atoms with van der Waals surface area (Å²) in [4.78, 5) is 14.9. The number of amides is 1. The fourth-order valence-corrected chi connectivity index (χ4v) is 2.95. The molecule has 0 saturated carbocycles. The number of benzene rings is 1. The van der Waals surface area contributed by atoms with E-state index >= 15 is 0 Å². The molecule has 1 aromatic carbocycles. The SMILES string of the molecule is Cc1nn(C)c(C)c1C(=O)Nc1ccccc1N1CCOCC1. The first kappa shape index (κ1) is 15.6. The molecule has 0 aliphatic carbocycles. The molecule has 3 rings (SSSR count). The Bertz CT molecular complexity index is 717. The van der Waals surface area contributed by atoms with Crippen LogP contribution in [0.25, 0.3) is 0 Å². The number of morpholine rings is 1. The molecule has 1 aliphatic rings. The number of aryl methyl sites for hydroxylation is 2. The summed E-state index contributed by atoms with van der Waals surface area (Å²) in [7, 11) is 1.85. The van der Waals surface area contributed by atoms with Crippen LogP contribution in [0.15, 0.2) is 24.3 Å². The number of nitrogens with one attached hydrogen (secondary N) is 1. The summed E-state index contributed by atoms with van der Waals surface area (Å²) in [5.41, 5.74) is 4.10. The third-order valence-electron chi connectivity index (χ3n) is 4.24. The standard InChI is InChI=1S/C17H22N4O2/c1-12-16(13(2)20(3)19-12)17(22)18-14-6-4-5-7-15(14)21-8-10-23-11-9-21/h4-7H,8-11H2,1-3H3,(H,18,22). The van der Waals surface area contributed by atoms with Gasteiger partial charge in [-0.15, -0.1) is 0 Å². The van der Waals surface area contributed by atoms with Crippen molar-refractivity contribution in [1.82, 2.24) is 9.78 Å². The predicted octanol–water partition coefficient (Wildman–Crippen LogP) is 2.13. The Morgan fingerprint density at radius 3 is 2.57 bits per heavy atom. The van der Waals surface area contributed by atoms with E-state index in [1.807, 2.05) is 45.2 Å². The topological polar surface area (TPSA) is 59.4 Å². The van der Waals surface area contributed by atoms with Crippen molar-refractivity contribution < 1.29 is 9.53 Å². The molecule has 1 aromatic heterocycles. The molecule has 0 radical (unpaired) electrons. The molecule has 6 nitrogen and oxygen atoms in total. The van der Waals surface area contributed by atoms with E-state index in [-0.39, 0.29) is 5.91 Å². The number of ether oxygens (including phenoxy) is 1. The summed E-state index contributed by atoms with van der Waals surface area (Å²) >= 11 is 0. The number of anilines is 2. The smallest absolute Gasteiger partial charge is 0.259 e. The van der Waals surface area contributed by atoms with Crippen molar-refractivity contribution in [1.29, 1.82) is 0 Å². The Labute approximate surface area is 136 Å². The van der Waals surface area contributed by atoms with Crippen molar-refractivity contribution in [2.75, 3.05) is 36.5 Å². The highest BCUT2D eigenvalue weighted by molar-refractivity contribution is 6.07. The Morgan fingerprint density at radius 1 is 1.22 bits per heavy atom. The van der Waals surface area contributed by atoms with Gasteiger partial charge in [0, 0.05) is 25.8 Å². The van der Waals surface area contributed by atoms with Gasteiger partial charge in [0.25, 0.3) is 5.91 Å². The maximum Gasteiger partial charge on any atom is 0.259 e. The van der Waals surface area contributed by atoms with Crippen molar-refractivity contribution in [3.63, 3.8) is 0 Å². The lowest BCUT2D eigenvalue weighted by molar-refractivity contribution is 0.102. The Kier molecular flexibility index (Phi) is 4.34. The fraction of sp³-hybridized carbons (Fsp3) is 0.412. The molecular weight excluding hydrogens is 292 g/mol. The van der Waals surface area contributed by atoms with Crippen LogP contribution in [0, 0.1) is 13.8 Å². The molecule has 0 bridgehead atoms. The molecule has 23 heavy (non-hydrogen) atoms. The minimum Gasteiger partial charge on any atom is -0.378 e. The molecule has 1 fully saturated rings. The summed E-state index contributed by atoms with van der Waals surface area (Å²) in [6.07, 6.45) is 0. The van der Waals surface area contributed by atoms with Gasteiger partial charge in [0.2, 0.25) is 0 Å². The number of carbonyl (C=O) groups excluding carboxylic acids is 1. The summed E-state index contributed by atoms with van der Waals surface area (Å²) in [5.74, 6) is -0.117. The number of hydrogen-bond donors (Lipinski definition) is 1. The molecule has 1 amide bonds. The number of hydrogen-bond acceptors (Lipinski definition) is 4. The summed E-state index contributed by atoms with van der Waals surface area (Å²) in [6.45, 7) is 6.85. The van der Waals surface area contributed by atoms with E-state index in [2.05, 4.69) is 15.3 Å². The second kappa shape index (κ2) is 6.42. The third kappa shape index (κ3) is 3.07. The first-order chi connectivity index (χ1) is 11.1. The van der Waals surface area contributed by atoms with E-state index in [1.165, 1.54) is 0 Å². The lowest BCUT2D eigenvalue weighted by atomic mass is 10.1. The normalized spacial score (nSPS) is 14.8. The van der Waals surface area contributed by atoms with E-state index in [4.69, 9.17) is 4.74 Å². The zero-order valence-corrected chi connectivity index (χ0v) is 13.8. The molecule has 2 heterocycles. The number of rotatable bonds is 3. The molecule has 0 atom stereocenters. The first-order valence-corrected chi connectivity index (χ1v) is 7.81. The van der Waals surface area contributed by atoms with Crippen LogP contribution in [-0.4, -0.2) is 42.0 Å². The predicted molar refractivity (Wildman–Crippen MR) is 90.1 cm³/mol. The van der Waals surface area contributed by atoms with Crippen LogP contribution in [-0.2, 0) is 11.8 Å². The highest BCUT2D eigenvalue weighted by Crippen LogP contribution is 2.27. The van der Waals surface area contributed by atoms with E-state index < -0.39 is 0 Å². The Morgan fingerprint density at radius 2 is 1.91 bits per heavy atom. The first-order valence-electron chi connectivity index (χ1n) is 7.81. The zero-order valence-electron chi connectivity index (χ0n) is 13.8. The maximum atomic E-state index is 12.7. The van der Waals surface area contributed by atoms with Crippen LogP contribution < -0.4 is 10.2 Å². The highest BCUT2D eigenvalue weighted by Gasteiger charge is 2.20. The van der Waals surface area contributed by atoms with Crippen LogP contribution >= 0.6 is 0 Å². The van der Waals surface area contributed by atoms with Gasteiger partial charge in [-0.2, -0.15) is 5.10 Å². The van der Waals surface area contributed by atoms with Crippen molar-refractivity contribution in [2.45, 2.75) is 13.8 Å². The van der Waals surface area contributed by atoms with E-state index in [1.54, 1.807) is 4.68 Å². The average molecular weight is 314 g/mol. The third-order valence-corrected chi connectivity index (χ3v) is 4.24. The van der Waals surface area contributed by atoms with E-state index in [9.17, 15) is 4.79 Å². The zero-order chi connectivity index (χ0) is 16.4. The van der Waals surface area contributed by atoms with Crippen LogP contribution in [0.3, 0.4) is 0 Å². The molecule has 122 valence electrons. The van der Waals surface area contributed by atoms with Gasteiger partial charge in [-0.1, -0.05) is 12.1 Å². The van der Waals surface area contributed by atoms with Gasteiger partial charge in [-0.3, -0.25) is 9.48 Å². The quantitative estimate of drug-likeness (QED) is 0.943. The molecule has 0 unspecified atom stereocenters. The van der Waals surface area contributed by atoms with Gasteiger partial charge in [0.15, 0.2) is 0 Å². The minimum absolute atomic E-state index is 0.117. The molecule has 0 spiro atoms. The Balaban J connectivity index is 1.86. The number of carbonyl (C=O) groups is 1. The van der Waals surface area contributed by atoms with Gasteiger partial charge in [0.05, 0.1) is 35.8 Å². The van der Waals surface area contributed by atoms with Gasteiger partial charge in [-0.05, 0) is 26.0 Å². The van der Waals surface area contributed by atoms with Gasteiger partial charge in [0.1, 0.15) is 0 Å². The number of nitrogens with zero attached hydrogens (tertiary/aromatic N) is 3. The lowest BCUT2D eigenvalue weighted by Crippen LogP contribution is -2.36. The monoisotopic (exact) mass is 314 g/mol. The number of aromatic nitrogens is 2. The van der Waals surface area contributed by atoms with Crippen LogP contribution in [0.1, 0.15) is 21.7 Å². The molecular formula is C17H22N4O2.